The number of hydrogen-bond donors (Lipinski definition) is 1. The zero-order valence-corrected chi connectivity index (χ0v) is 9.55. The summed E-state index contributed by atoms with van der Waals surface area (Å²) in [5.41, 5.74) is 1.11. The zero-order chi connectivity index (χ0) is 8.27. The number of nitrogens with zero attached hydrogens (tertiary/aromatic N) is 1. The van der Waals surface area contributed by atoms with Crippen LogP contribution in [0.5, 0.6) is 0 Å². The van der Waals surface area contributed by atoms with Gasteiger partial charge in [0.1, 0.15) is 4.34 Å². The lowest BCUT2D eigenvalue weighted by molar-refractivity contribution is 0.770. The van der Waals surface area contributed by atoms with Crippen LogP contribution in [-0.4, -0.2) is 4.98 Å². The van der Waals surface area contributed by atoms with E-state index in [1.54, 1.807) is 11.3 Å². The lowest BCUT2D eigenvalue weighted by atomic mass is 10.2. The molecule has 11 heavy (non-hydrogen) atoms. The number of alkyl halides is 1. The Kier molecular flexibility index (Phi) is 3.89. The minimum Gasteiger partial charge on any atom is -0.234 e. The maximum atomic E-state index is 4.27. The molecule has 0 aliphatic heterocycles. The molecular weight excluding hydrogens is 242 g/mol. The zero-order valence-electron chi connectivity index (χ0n) is 6.25. The van der Waals surface area contributed by atoms with Crippen molar-refractivity contribution in [2.75, 3.05) is 0 Å². The lowest BCUT2D eigenvalue weighted by Crippen LogP contribution is -1.88. The maximum absolute atomic E-state index is 4.27. The number of thiazole rings is 1. The maximum Gasteiger partial charge on any atom is 0.147 e. The Balaban J connectivity index is 2.60. The second kappa shape index (κ2) is 4.48. The molecule has 0 radical (unpaired) electrons. The average molecular weight is 252 g/mol. The molecule has 1 atom stereocenters. The van der Waals surface area contributed by atoms with E-state index in [0.29, 0.717) is 4.83 Å². The lowest BCUT2D eigenvalue weighted by Gasteiger charge is -2.02. The number of aromatic nitrogens is 1. The van der Waals surface area contributed by atoms with E-state index in [-0.39, 0.29) is 0 Å². The Labute approximate surface area is 84.8 Å². The van der Waals surface area contributed by atoms with Crippen LogP contribution in [-0.2, 0) is 0 Å². The largest absolute Gasteiger partial charge is 0.234 e. The van der Waals surface area contributed by atoms with Crippen molar-refractivity contribution >= 4 is 39.9 Å². The third kappa shape index (κ3) is 2.76. The van der Waals surface area contributed by atoms with Gasteiger partial charge in [0.2, 0.25) is 0 Å². The normalized spacial score (nSPS) is 13.4. The van der Waals surface area contributed by atoms with Crippen LogP contribution in [0.4, 0.5) is 0 Å². The Hall–Kier alpha value is 0.460. The van der Waals surface area contributed by atoms with Crippen LogP contribution in [0.2, 0.25) is 0 Å². The van der Waals surface area contributed by atoms with Crippen molar-refractivity contribution in [3.8, 4) is 0 Å². The summed E-state index contributed by atoms with van der Waals surface area (Å²) < 4.78 is 0.848. The summed E-state index contributed by atoms with van der Waals surface area (Å²) in [5.74, 6) is 0. The first kappa shape index (κ1) is 9.55. The van der Waals surface area contributed by atoms with Gasteiger partial charge in [-0.05, 0) is 6.42 Å². The molecule has 4 heteroatoms. The summed E-state index contributed by atoms with van der Waals surface area (Å²) in [6.45, 7) is 2.17. The van der Waals surface area contributed by atoms with Crippen LogP contribution in [0.3, 0.4) is 0 Å². The molecule has 0 N–H and O–H groups in total. The van der Waals surface area contributed by atoms with Gasteiger partial charge in [-0.2, -0.15) is 0 Å². The highest BCUT2D eigenvalue weighted by Gasteiger charge is 2.08. The molecule has 62 valence electrons. The van der Waals surface area contributed by atoms with Crippen molar-refractivity contribution < 1.29 is 0 Å². The van der Waals surface area contributed by atoms with Gasteiger partial charge >= 0.3 is 0 Å². The smallest absolute Gasteiger partial charge is 0.147 e. The molecule has 1 nitrogen and oxygen atoms in total. The van der Waals surface area contributed by atoms with E-state index in [1.165, 1.54) is 6.42 Å². The molecule has 0 bridgehead atoms. The van der Waals surface area contributed by atoms with E-state index in [9.17, 15) is 0 Å². The third-order valence-corrected chi connectivity index (χ3v) is 3.38. The molecule has 0 spiro atoms. The first-order valence-corrected chi connectivity index (χ1v) is 5.76. The van der Waals surface area contributed by atoms with Gasteiger partial charge in [-0.3, -0.25) is 0 Å². The molecule has 0 amide bonds. The van der Waals surface area contributed by atoms with Crippen LogP contribution < -0.4 is 0 Å². The van der Waals surface area contributed by atoms with Crippen LogP contribution in [0.1, 0.15) is 30.3 Å². The molecule has 1 aromatic rings. The summed E-state index contributed by atoms with van der Waals surface area (Å²) >= 11 is 9.31. The first-order valence-electron chi connectivity index (χ1n) is 3.52. The number of rotatable bonds is 3. The van der Waals surface area contributed by atoms with Crippen molar-refractivity contribution in [2.24, 2.45) is 0 Å². The fourth-order valence-electron chi connectivity index (χ4n) is 0.821. The van der Waals surface area contributed by atoms with Gasteiger partial charge in [0.15, 0.2) is 0 Å². The Bertz CT molecular complexity index is 224. The van der Waals surface area contributed by atoms with Gasteiger partial charge in [0, 0.05) is 5.38 Å². The molecule has 0 saturated heterocycles. The molecule has 0 saturated carbocycles. The van der Waals surface area contributed by atoms with Crippen molar-refractivity contribution in [1.29, 1.82) is 0 Å². The molecule has 0 aliphatic rings. The SMILES string of the molecule is CCCC(Br)c1csc(S)n1. The summed E-state index contributed by atoms with van der Waals surface area (Å²) in [6.07, 6.45) is 2.31. The van der Waals surface area contributed by atoms with Crippen LogP contribution in [0.25, 0.3) is 0 Å². The van der Waals surface area contributed by atoms with Gasteiger partial charge < -0.3 is 0 Å². The second-order valence-corrected chi connectivity index (χ2v) is 5.00. The average Bonchev–Trinajstić information content (AvgIpc) is 2.36. The molecule has 0 fully saturated rings. The van der Waals surface area contributed by atoms with Gasteiger partial charge in [0.25, 0.3) is 0 Å². The first-order chi connectivity index (χ1) is 5.24. The quantitative estimate of drug-likeness (QED) is 0.639. The van der Waals surface area contributed by atoms with Crippen molar-refractivity contribution in [3.63, 3.8) is 0 Å². The monoisotopic (exact) mass is 251 g/mol. The fraction of sp³-hybridized carbons (Fsp3) is 0.571. The minimum absolute atomic E-state index is 0.407. The summed E-state index contributed by atoms with van der Waals surface area (Å²) in [7, 11) is 0. The standard InChI is InChI=1S/C7H10BrNS2/c1-2-3-5(8)6-4-11-7(10)9-6/h4-5H,2-3H2,1H3,(H,9,10). The van der Waals surface area contributed by atoms with Crippen LogP contribution >= 0.6 is 39.9 Å². The fourth-order valence-corrected chi connectivity index (χ4v) is 2.56. The van der Waals surface area contributed by atoms with Crippen LogP contribution in [0.15, 0.2) is 9.72 Å². The van der Waals surface area contributed by atoms with Gasteiger partial charge in [0.05, 0.1) is 10.5 Å². The summed E-state index contributed by atoms with van der Waals surface area (Å²) in [5, 5.41) is 2.05. The van der Waals surface area contributed by atoms with E-state index in [1.807, 2.05) is 0 Å². The van der Waals surface area contributed by atoms with E-state index in [4.69, 9.17) is 0 Å². The molecule has 1 rings (SSSR count). The Morgan fingerprint density at radius 1 is 1.82 bits per heavy atom. The van der Waals surface area contributed by atoms with Gasteiger partial charge in [-0.15, -0.1) is 24.0 Å². The van der Waals surface area contributed by atoms with Gasteiger partial charge in [-0.1, -0.05) is 29.3 Å². The molecule has 0 aliphatic carbocycles. The number of thiol groups is 1. The molecule has 1 aromatic heterocycles. The van der Waals surface area contributed by atoms with E-state index in [2.05, 4.69) is 45.8 Å². The summed E-state index contributed by atoms with van der Waals surface area (Å²) in [4.78, 5) is 4.67. The molecule has 1 heterocycles. The second-order valence-electron chi connectivity index (χ2n) is 2.31. The highest BCUT2D eigenvalue weighted by Crippen LogP contribution is 2.29. The van der Waals surface area contributed by atoms with Crippen molar-refractivity contribution in [3.05, 3.63) is 11.1 Å². The third-order valence-electron chi connectivity index (χ3n) is 1.37. The molecular formula is C7H10BrNS2. The van der Waals surface area contributed by atoms with E-state index < -0.39 is 0 Å². The number of hydrogen-bond acceptors (Lipinski definition) is 3. The van der Waals surface area contributed by atoms with E-state index >= 15 is 0 Å². The Morgan fingerprint density at radius 3 is 3.00 bits per heavy atom. The van der Waals surface area contributed by atoms with Crippen molar-refractivity contribution in [1.82, 2.24) is 4.98 Å². The predicted molar refractivity (Wildman–Crippen MR) is 55.9 cm³/mol. The highest BCUT2D eigenvalue weighted by molar-refractivity contribution is 9.09. The van der Waals surface area contributed by atoms with Crippen LogP contribution in [0, 0.1) is 0 Å². The Morgan fingerprint density at radius 2 is 2.55 bits per heavy atom. The molecule has 0 aromatic carbocycles. The number of halogens is 1. The molecule has 1 unspecified atom stereocenters. The highest BCUT2D eigenvalue weighted by atomic mass is 79.9. The summed E-state index contributed by atoms with van der Waals surface area (Å²) in [6, 6.07) is 0. The minimum atomic E-state index is 0.407. The van der Waals surface area contributed by atoms with Gasteiger partial charge in [-0.25, -0.2) is 4.98 Å². The van der Waals surface area contributed by atoms with Crippen molar-refractivity contribution in [2.45, 2.75) is 28.9 Å². The predicted octanol–water partition coefficient (Wildman–Crippen LogP) is 3.67. The van der Waals surface area contributed by atoms with E-state index in [0.717, 1.165) is 16.5 Å². The topological polar surface area (TPSA) is 12.9 Å².